The zero-order valence-corrected chi connectivity index (χ0v) is 12.3. The van der Waals surface area contributed by atoms with E-state index in [1.807, 2.05) is 21.0 Å². The molecule has 0 aliphatic rings. The summed E-state index contributed by atoms with van der Waals surface area (Å²) in [4.78, 5) is 29.2. The lowest BCUT2D eigenvalue weighted by Crippen LogP contribution is -2.45. The normalized spacial score (nSPS) is 13.4. The maximum absolute atomic E-state index is 12.1. The second-order valence-corrected chi connectivity index (χ2v) is 4.97. The Kier molecular flexibility index (Phi) is 5.49. The molecule has 0 radical (unpaired) electrons. The van der Waals surface area contributed by atoms with E-state index in [1.54, 1.807) is 24.0 Å². The molecule has 1 aromatic heterocycles. The quantitative estimate of drug-likeness (QED) is 0.822. The molecule has 0 aromatic carbocycles. The van der Waals surface area contributed by atoms with E-state index in [9.17, 15) is 14.7 Å². The highest BCUT2D eigenvalue weighted by molar-refractivity contribution is 5.97. The van der Waals surface area contributed by atoms with Gasteiger partial charge < -0.3 is 15.3 Å². The number of pyridine rings is 1. The van der Waals surface area contributed by atoms with Crippen molar-refractivity contribution in [3.63, 3.8) is 0 Å². The molecule has 0 saturated heterocycles. The molecule has 0 fully saturated rings. The molecule has 0 aliphatic carbocycles. The Morgan fingerprint density at radius 2 is 2.10 bits per heavy atom. The number of rotatable bonds is 6. The molecular weight excluding hydrogens is 258 g/mol. The standard InChI is InChI=1S/C14H21N3O3/c1-5-9(2)12(14(19)20)16-13(18)10-6-7-15-11(8-10)17(3)4/h6-9,12H,5H2,1-4H3,(H,16,18)(H,19,20)/t9?,12-/m0/s1. The van der Waals surface area contributed by atoms with Crippen molar-refractivity contribution in [2.45, 2.75) is 26.3 Å². The predicted octanol–water partition coefficient (Wildman–Crippen LogP) is 1.38. The summed E-state index contributed by atoms with van der Waals surface area (Å²) in [5.74, 6) is -0.905. The Balaban J connectivity index is 2.89. The molecule has 1 aromatic rings. The van der Waals surface area contributed by atoms with Crippen molar-refractivity contribution in [1.82, 2.24) is 10.3 Å². The third kappa shape index (κ3) is 3.94. The second-order valence-electron chi connectivity index (χ2n) is 4.97. The molecule has 0 spiro atoms. The summed E-state index contributed by atoms with van der Waals surface area (Å²) in [5.41, 5.74) is 0.401. The maximum Gasteiger partial charge on any atom is 0.326 e. The minimum Gasteiger partial charge on any atom is -0.480 e. The minimum absolute atomic E-state index is 0.133. The zero-order chi connectivity index (χ0) is 15.3. The fraction of sp³-hybridized carbons (Fsp3) is 0.500. The fourth-order valence-electron chi connectivity index (χ4n) is 1.71. The molecule has 110 valence electrons. The van der Waals surface area contributed by atoms with Gasteiger partial charge in [0.05, 0.1) is 0 Å². The van der Waals surface area contributed by atoms with Crippen LogP contribution in [0.4, 0.5) is 5.82 Å². The van der Waals surface area contributed by atoms with E-state index in [0.29, 0.717) is 17.8 Å². The molecule has 1 heterocycles. The van der Waals surface area contributed by atoms with Crippen LogP contribution in [0.2, 0.25) is 0 Å². The topological polar surface area (TPSA) is 82.5 Å². The number of aromatic nitrogens is 1. The lowest BCUT2D eigenvalue weighted by Gasteiger charge is -2.20. The summed E-state index contributed by atoms with van der Waals surface area (Å²) < 4.78 is 0. The number of amides is 1. The summed E-state index contributed by atoms with van der Waals surface area (Å²) in [6.45, 7) is 3.69. The van der Waals surface area contributed by atoms with Crippen molar-refractivity contribution in [2.75, 3.05) is 19.0 Å². The SMILES string of the molecule is CCC(C)[C@H](NC(=O)c1ccnc(N(C)C)c1)C(=O)O. The van der Waals surface area contributed by atoms with E-state index in [0.717, 1.165) is 0 Å². The number of carboxylic acids is 1. The first kappa shape index (κ1) is 15.9. The molecule has 0 aliphatic heterocycles. The molecule has 2 atom stereocenters. The number of anilines is 1. The Hall–Kier alpha value is -2.11. The largest absolute Gasteiger partial charge is 0.480 e. The van der Waals surface area contributed by atoms with Gasteiger partial charge in [-0.05, 0) is 18.1 Å². The van der Waals surface area contributed by atoms with E-state index in [1.165, 1.54) is 6.20 Å². The van der Waals surface area contributed by atoms with Crippen LogP contribution in [-0.2, 0) is 4.79 Å². The van der Waals surface area contributed by atoms with Crippen LogP contribution in [-0.4, -0.2) is 42.1 Å². The van der Waals surface area contributed by atoms with Crippen molar-refractivity contribution in [3.8, 4) is 0 Å². The second kappa shape index (κ2) is 6.88. The van der Waals surface area contributed by atoms with E-state index >= 15 is 0 Å². The first-order chi connectivity index (χ1) is 9.36. The van der Waals surface area contributed by atoms with Crippen LogP contribution in [0.15, 0.2) is 18.3 Å². The predicted molar refractivity (Wildman–Crippen MR) is 76.9 cm³/mol. The molecular formula is C14H21N3O3. The highest BCUT2D eigenvalue weighted by Gasteiger charge is 2.25. The van der Waals surface area contributed by atoms with Gasteiger partial charge in [-0.15, -0.1) is 0 Å². The average Bonchev–Trinajstić information content (AvgIpc) is 2.43. The van der Waals surface area contributed by atoms with Crippen LogP contribution in [0, 0.1) is 5.92 Å². The molecule has 6 nitrogen and oxygen atoms in total. The number of carbonyl (C=O) groups is 2. The zero-order valence-electron chi connectivity index (χ0n) is 12.3. The van der Waals surface area contributed by atoms with Gasteiger partial charge in [0.15, 0.2) is 0 Å². The van der Waals surface area contributed by atoms with Gasteiger partial charge in [-0.25, -0.2) is 9.78 Å². The van der Waals surface area contributed by atoms with Crippen molar-refractivity contribution in [2.24, 2.45) is 5.92 Å². The monoisotopic (exact) mass is 279 g/mol. The Morgan fingerprint density at radius 1 is 1.45 bits per heavy atom. The van der Waals surface area contributed by atoms with Crippen molar-refractivity contribution in [3.05, 3.63) is 23.9 Å². The molecule has 20 heavy (non-hydrogen) atoms. The van der Waals surface area contributed by atoms with Crippen LogP contribution in [0.3, 0.4) is 0 Å². The molecule has 1 rings (SSSR count). The van der Waals surface area contributed by atoms with Crippen molar-refractivity contribution >= 4 is 17.7 Å². The fourth-order valence-corrected chi connectivity index (χ4v) is 1.71. The number of nitrogens with one attached hydrogen (secondary N) is 1. The van der Waals surface area contributed by atoms with Crippen LogP contribution in [0.25, 0.3) is 0 Å². The number of carbonyl (C=O) groups excluding carboxylic acids is 1. The van der Waals surface area contributed by atoms with Crippen LogP contribution in [0.1, 0.15) is 30.6 Å². The number of nitrogens with zero attached hydrogens (tertiary/aromatic N) is 2. The number of aliphatic carboxylic acids is 1. The van der Waals surface area contributed by atoms with Gasteiger partial charge in [0, 0.05) is 25.9 Å². The van der Waals surface area contributed by atoms with E-state index in [4.69, 9.17) is 0 Å². The van der Waals surface area contributed by atoms with Gasteiger partial charge in [-0.3, -0.25) is 4.79 Å². The highest BCUT2D eigenvalue weighted by Crippen LogP contribution is 2.12. The Labute approximate surface area is 118 Å². The molecule has 1 unspecified atom stereocenters. The third-order valence-electron chi connectivity index (χ3n) is 3.23. The first-order valence-electron chi connectivity index (χ1n) is 6.53. The van der Waals surface area contributed by atoms with Crippen molar-refractivity contribution in [1.29, 1.82) is 0 Å². The van der Waals surface area contributed by atoms with Crippen LogP contribution < -0.4 is 10.2 Å². The van der Waals surface area contributed by atoms with Crippen LogP contribution >= 0.6 is 0 Å². The van der Waals surface area contributed by atoms with Crippen LogP contribution in [0.5, 0.6) is 0 Å². The lowest BCUT2D eigenvalue weighted by molar-refractivity contribution is -0.140. The van der Waals surface area contributed by atoms with E-state index in [-0.39, 0.29) is 5.92 Å². The van der Waals surface area contributed by atoms with Gasteiger partial charge >= 0.3 is 5.97 Å². The number of carboxylic acid groups (broad SMARTS) is 1. The third-order valence-corrected chi connectivity index (χ3v) is 3.23. The molecule has 6 heteroatoms. The average molecular weight is 279 g/mol. The highest BCUT2D eigenvalue weighted by atomic mass is 16.4. The summed E-state index contributed by atoms with van der Waals surface area (Å²) in [6, 6.07) is 2.31. The Bertz CT molecular complexity index is 488. The minimum atomic E-state index is -1.02. The lowest BCUT2D eigenvalue weighted by atomic mass is 9.99. The first-order valence-corrected chi connectivity index (χ1v) is 6.53. The molecule has 2 N–H and O–H groups in total. The van der Waals surface area contributed by atoms with Crippen molar-refractivity contribution < 1.29 is 14.7 Å². The smallest absolute Gasteiger partial charge is 0.326 e. The summed E-state index contributed by atoms with van der Waals surface area (Å²) in [6.07, 6.45) is 2.21. The van der Waals surface area contributed by atoms with Gasteiger partial charge in [0.1, 0.15) is 11.9 Å². The summed E-state index contributed by atoms with van der Waals surface area (Å²) in [5, 5.41) is 11.7. The number of hydrogen-bond acceptors (Lipinski definition) is 4. The summed E-state index contributed by atoms with van der Waals surface area (Å²) >= 11 is 0. The molecule has 0 bridgehead atoms. The summed E-state index contributed by atoms with van der Waals surface area (Å²) in [7, 11) is 3.65. The van der Waals surface area contributed by atoms with Gasteiger partial charge in [-0.1, -0.05) is 20.3 Å². The van der Waals surface area contributed by atoms with E-state index < -0.39 is 17.9 Å². The van der Waals surface area contributed by atoms with Gasteiger partial charge in [0.25, 0.3) is 5.91 Å². The molecule has 1 amide bonds. The molecule has 0 saturated carbocycles. The Morgan fingerprint density at radius 3 is 2.60 bits per heavy atom. The number of hydrogen-bond donors (Lipinski definition) is 2. The van der Waals surface area contributed by atoms with Gasteiger partial charge in [0.2, 0.25) is 0 Å². The maximum atomic E-state index is 12.1. The van der Waals surface area contributed by atoms with Gasteiger partial charge in [-0.2, -0.15) is 0 Å². The van der Waals surface area contributed by atoms with E-state index in [2.05, 4.69) is 10.3 Å².